The lowest BCUT2D eigenvalue weighted by molar-refractivity contribution is 0.183. The highest BCUT2D eigenvalue weighted by Crippen LogP contribution is 2.40. The zero-order valence-corrected chi connectivity index (χ0v) is 17.0. The predicted molar refractivity (Wildman–Crippen MR) is 117 cm³/mol. The molecular formula is C22H23FN4OS. The van der Waals surface area contributed by atoms with Crippen molar-refractivity contribution in [3.63, 3.8) is 0 Å². The van der Waals surface area contributed by atoms with Gasteiger partial charge in [-0.1, -0.05) is 24.8 Å². The number of benzene rings is 1. The summed E-state index contributed by atoms with van der Waals surface area (Å²) < 4.78 is 13.5. The number of aliphatic hydroxyl groups excluding tert-OH is 1. The number of rotatable bonds is 6. The molecule has 0 fully saturated rings. The van der Waals surface area contributed by atoms with E-state index in [0.717, 1.165) is 40.4 Å². The number of thioether (sulfide) groups is 1. The molecule has 2 aromatic rings. The number of aliphatic hydroxyl groups is 1. The monoisotopic (exact) mass is 410 g/mol. The molecule has 4 rings (SSSR count). The molecular weight excluding hydrogens is 387 g/mol. The molecule has 5 nitrogen and oxygen atoms in total. The molecule has 29 heavy (non-hydrogen) atoms. The van der Waals surface area contributed by atoms with Gasteiger partial charge in [-0.2, -0.15) is 0 Å². The van der Waals surface area contributed by atoms with Gasteiger partial charge in [-0.3, -0.25) is 0 Å². The maximum Gasteiger partial charge on any atom is 0.223 e. The van der Waals surface area contributed by atoms with E-state index in [1.807, 2.05) is 13.0 Å². The number of aromatic nitrogens is 2. The van der Waals surface area contributed by atoms with E-state index in [9.17, 15) is 9.50 Å². The molecule has 0 aliphatic carbocycles. The van der Waals surface area contributed by atoms with Crippen molar-refractivity contribution in [1.29, 1.82) is 0 Å². The SMILES string of the molecule is CCC(O)CNc1nccc(C2=C(c3ccc(F)cc3)N=C3SC=CC3CC2)n1. The van der Waals surface area contributed by atoms with Crippen LogP contribution in [0.5, 0.6) is 0 Å². The minimum Gasteiger partial charge on any atom is -0.391 e. The second kappa shape index (κ2) is 8.88. The number of halogens is 1. The largest absolute Gasteiger partial charge is 0.391 e. The first kappa shape index (κ1) is 19.8. The van der Waals surface area contributed by atoms with Crippen LogP contribution in [0, 0.1) is 11.7 Å². The van der Waals surface area contributed by atoms with Gasteiger partial charge in [0.2, 0.25) is 5.95 Å². The summed E-state index contributed by atoms with van der Waals surface area (Å²) >= 11 is 1.64. The van der Waals surface area contributed by atoms with Crippen molar-refractivity contribution in [1.82, 2.24) is 9.97 Å². The lowest BCUT2D eigenvalue weighted by atomic mass is 9.97. The number of anilines is 1. The quantitative estimate of drug-likeness (QED) is 0.720. The number of nitrogens with zero attached hydrogens (tertiary/aromatic N) is 3. The van der Waals surface area contributed by atoms with Gasteiger partial charge in [-0.25, -0.2) is 19.4 Å². The van der Waals surface area contributed by atoms with Gasteiger partial charge in [0, 0.05) is 29.8 Å². The fraction of sp³-hybridized carbons (Fsp3) is 0.318. The van der Waals surface area contributed by atoms with Crippen LogP contribution in [0.1, 0.15) is 37.4 Å². The van der Waals surface area contributed by atoms with Crippen molar-refractivity contribution >= 4 is 34.0 Å². The summed E-state index contributed by atoms with van der Waals surface area (Å²) in [5.41, 5.74) is 3.52. The molecule has 0 bridgehead atoms. The smallest absolute Gasteiger partial charge is 0.223 e. The minimum atomic E-state index is -0.441. The van der Waals surface area contributed by atoms with Crippen LogP contribution in [0.3, 0.4) is 0 Å². The van der Waals surface area contributed by atoms with Crippen LogP contribution in [0.2, 0.25) is 0 Å². The van der Waals surface area contributed by atoms with Gasteiger partial charge < -0.3 is 10.4 Å². The van der Waals surface area contributed by atoms with Crippen molar-refractivity contribution in [3.8, 4) is 0 Å². The highest BCUT2D eigenvalue weighted by atomic mass is 32.2. The third kappa shape index (κ3) is 4.57. The van der Waals surface area contributed by atoms with E-state index in [4.69, 9.17) is 4.99 Å². The Morgan fingerprint density at radius 2 is 2.10 bits per heavy atom. The van der Waals surface area contributed by atoms with E-state index in [0.29, 0.717) is 24.8 Å². The Kier molecular flexibility index (Phi) is 6.06. The Morgan fingerprint density at radius 3 is 2.90 bits per heavy atom. The maximum atomic E-state index is 13.5. The average Bonchev–Trinajstić information content (AvgIpc) is 3.11. The lowest BCUT2D eigenvalue weighted by Gasteiger charge is -2.13. The third-order valence-electron chi connectivity index (χ3n) is 5.08. The Bertz CT molecular complexity index is 971. The molecule has 0 radical (unpaired) electrons. The summed E-state index contributed by atoms with van der Waals surface area (Å²) in [6.45, 7) is 2.33. The summed E-state index contributed by atoms with van der Waals surface area (Å²) in [4.78, 5) is 13.9. The van der Waals surface area contributed by atoms with Crippen LogP contribution in [0.4, 0.5) is 10.3 Å². The zero-order chi connectivity index (χ0) is 20.2. The van der Waals surface area contributed by atoms with Crippen molar-refractivity contribution in [2.45, 2.75) is 32.3 Å². The van der Waals surface area contributed by atoms with Gasteiger partial charge in [0.25, 0.3) is 0 Å². The fourth-order valence-electron chi connectivity index (χ4n) is 3.36. The van der Waals surface area contributed by atoms with Gasteiger partial charge >= 0.3 is 0 Å². The molecule has 0 amide bonds. The normalized spacial score (nSPS) is 19.6. The average molecular weight is 411 g/mol. The van der Waals surface area contributed by atoms with Crippen LogP contribution in [-0.4, -0.2) is 32.8 Å². The first-order valence-corrected chi connectivity index (χ1v) is 10.7. The van der Waals surface area contributed by atoms with Crippen LogP contribution in [0.15, 0.2) is 53.0 Å². The number of hydrogen-bond acceptors (Lipinski definition) is 6. The van der Waals surface area contributed by atoms with E-state index in [-0.39, 0.29) is 5.82 Å². The van der Waals surface area contributed by atoms with Gasteiger partial charge in [0.15, 0.2) is 0 Å². The molecule has 2 N–H and O–H groups in total. The van der Waals surface area contributed by atoms with Gasteiger partial charge in [0.05, 0.1) is 22.5 Å². The summed E-state index contributed by atoms with van der Waals surface area (Å²) in [5, 5.41) is 16.0. The van der Waals surface area contributed by atoms with E-state index in [1.54, 1.807) is 30.1 Å². The molecule has 2 atom stereocenters. The van der Waals surface area contributed by atoms with E-state index < -0.39 is 6.10 Å². The Hall–Kier alpha value is -2.51. The lowest BCUT2D eigenvalue weighted by Crippen LogP contribution is -2.19. The standard InChI is InChI=1S/C22H23FN4OS/c1-2-17(28)13-25-22-24-11-9-19(26-22)18-8-5-15-10-12-29-21(15)27-20(18)14-3-6-16(23)7-4-14/h3-4,6-7,9-12,15,17,28H,2,5,8,13H2,1H3,(H,24,25,26). The third-order valence-corrected chi connectivity index (χ3v) is 6.01. The molecule has 3 heterocycles. The zero-order valence-electron chi connectivity index (χ0n) is 16.2. The van der Waals surface area contributed by atoms with Crippen molar-refractivity contribution in [3.05, 3.63) is 65.1 Å². The second-order valence-electron chi connectivity index (χ2n) is 7.08. The summed E-state index contributed by atoms with van der Waals surface area (Å²) in [6.07, 6.45) is 5.88. The van der Waals surface area contributed by atoms with E-state index >= 15 is 0 Å². The number of allylic oxidation sites excluding steroid dienone is 2. The van der Waals surface area contributed by atoms with E-state index in [1.165, 1.54) is 12.1 Å². The predicted octanol–water partition coefficient (Wildman–Crippen LogP) is 4.74. The number of nitrogens with one attached hydrogen (secondary N) is 1. The molecule has 0 saturated carbocycles. The van der Waals surface area contributed by atoms with Gasteiger partial charge in [0.1, 0.15) is 5.82 Å². The molecule has 1 aromatic heterocycles. The maximum absolute atomic E-state index is 13.5. The minimum absolute atomic E-state index is 0.269. The summed E-state index contributed by atoms with van der Waals surface area (Å²) in [5.74, 6) is 0.523. The van der Waals surface area contributed by atoms with E-state index in [2.05, 4.69) is 26.8 Å². The van der Waals surface area contributed by atoms with Crippen molar-refractivity contribution < 1.29 is 9.50 Å². The van der Waals surface area contributed by atoms with Crippen LogP contribution in [-0.2, 0) is 0 Å². The topological polar surface area (TPSA) is 70.4 Å². The summed E-state index contributed by atoms with van der Waals surface area (Å²) in [7, 11) is 0. The molecule has 2 aliphatic heterocycles. The van der Waals surface area contributed by atoms with Crippen molar-refractivity contribution in [2.75, 3.05) is 11.9 Å². The number of fused-ring (bicyclic) bond motifs is 1. The Labute approximate surface area is 173 Å². The first-order valence-electron chi connectivity index (χ1n) is 9.80. The van der Waals surface area contributed by atoms with Crippen molar-refractivity contribution in [2.24, 2.45) is 10.9 Å². The number of hydrogen-bond donors (Lipinski definition) is 2. The molecule has 150 valence electrons. The number of aliphatic imine (C=N–C) groups is 1. The van der Waals surface area contributed by atoms with Crippen LogP contribution in [0.25, 0.3) is 11.3 Å². The molecule has 7 heteroatoms. The van der Waals surface area contributed by atoms with Gasteiger partial charge in [-0.05, 0) is 55.0 Å². The molecule has 0 spiro atoms. The highest BCUT2D eigenvalue weighted by Gasteiger charge is 2.25. The fourth-order valence-corrected chi connectivity index (χ4v) is 4.28. The Balaban J connectivity index is 1.74. The summed E-state index contributed by atoms with van der Waals surface area (Å²) in [6, 6.07) is 8.33. The molecule has 2 unspecified atom stereocenters. The second-order valence-corrected chi connectivity index (χ2v) is 8.01. The molecule has 0 saturated heterocycles. The van der Waals surface area contributed by atoms with Crippen LogP contribution < -0.4 is 5.32 Å². The molecule has 1 aromatic carbocycles. The highest BCUT2D eigenvalue weighted by molar-refractivity contribution is 8.16. The first-order chi connectivity index (χ1) is 14.1. The Morgan fingerprint density at radius 1 is 1.28 bits per heavy atom. The van der Waals surface area contributed by atoms with Crippen LogP contribution >= 0.6 is 11.8 Å². The molecule has 2 aliphatic rings. The van der Waals surface area contributed by atoms with Gasteiger partial charge in [-0.15, -0.1) is 0 Å².